The Kier molecular flexibility index (Phi) is 7.97. The van der Waals surface area contributed by atoms with Gasteiger partial charge >= 0.3 is 55.7 Å². The van der Waals surface area contributed by atoms with Crippen molar-refractivity contribution in [3.63, 3.8) is 0 Å². The topological polar surface area (TPSA) is 20.2 Å². The van der Waals surface area contributed by atoms with Gasteiger partial charge in [0.2, 0.25) is 0 Å². The highest BCUT2D eigenvalue weighted by atomic mass is 35.5. The fraction of sp³-hybridized carbons (Fsp3) is 1.00. The summed E-state index contributed by atoms with van der Waals surface area (Å²) in [4.78, 5) is 0. The van der Waals surface area contributed by atoms with Crippen LogP contribution in [0.5, 0.6) is 0 Å². The van der Waals surface area contributed by atoms with Crippen molar-refractivity contribution in [2.75, 3.05) is 0 Å². The Bertz CT molecular complexity index is 649. The van der Waals surface area contributed by atoms with Gasteiger partial charge in [0.05, 0.1) is 0 Å². The predicted octanol–water partition coefficient (Wildman–Crippen LogP) is 7.56. The zero-order valence-corrected chi connectivity index (χ0v) is 17.2. The highest BCUT2D eigenvalue weighted by molar-refractivity contribution is 6.34. The number of hydrogen-bond donors (Lipinski definition) is 1. The lowest BCUT2D eigenvalue weighted by Gasteiger charge is -2.46. The molecule has 0 saturated carbocycles. The van der Waals surface area contributed by atoms with Gasteiger partial charge in [-0.1, -0.05) is 46.4 Å². The summed E-state index contributed by atoms with van der Waals surface area (Å²) in [6.45, 7) is 0. The second kappa shape index (κ2) is 7.90. The fourth-order valence-electron chi connectivity index (χ4n) is 1.55. The molecule has 0 aliphatic carbocycles. The molecule has 0 saturated heterocycles. The smallest absolute Gasteiger partial charge is 0.331 e. The van der Waals surface area contributed by atoms with Gasteiger partial charge in [0.25, 0.3) is 0 Å². The van der Waals surface area contributed by atoms with E-state index < -0.39 is 55.7 Å². The quantitative estimate of drug-likeness (QED) is 0.209. The fourth-order valence-corrected chi connectivity index (χ4v) is 2.71. The predicted molar refractivity (Wildman–Crippen MR) is 76.5 cm³/mol. The third-order valence-corrected chi connectivity index (χ3v) is 5.75. The van der Waals surface area contributed by atoms with Gasteiger partial charge in [-0.05, 0) is 11.6 Å². The van der Waals surface area contributed by atoms with Crippen molar-refractivity contribution in [2.24, 2.45) is 0 Å². The van der Waals surface area contributed by atoms with E-state index in [1.54, 1.807) is 0 Å². The van der Waals surface area contributed by atoms with Crippen LogP contribution in [0.1, 0.15) is 0 Å². The number of rotatable bonds is 9. The molecule has 4 atom stereocenters. The molecule has 0 radical (unpaired) electrons. The molecule has 0 amide bonds. The summed E-state index contributed by atoms with van der Waals surface area (Å²) >= 11 is 18.7. The Labute approximate surface area is 189 Å². The molecule has 1 N–H and O–H groups in total. The first-order valence-electron chi connectivity index (χ1n) is 6.44. The third kappa shape index (κ3) is 3.93. The molecule has 1 nitrogen and oxygen atoms in total. The molecule has 0 fully saturated rings. The Hall–Kier alpha value is 0.290. The van der Waals surface area contributed by atoms with Crippen LogP contribution >= 0.6 is 58.0 Å². The van der Waals surface area contributed by atoms with Crippen molar-refractivity contribution in [1.29, 1.82) is 0 Å². The van der Waals surface area contributed by atoms with Crippen LogP contribution in [0.3, 0.4) is 0 Å². The van der Waals surface area contributed by atoms with E-state index in [4.69, 9.17) is 5.11 Å². The van der Waals surface area contributed by atoms with Gasteiger partial charge in [-0.15, -0.1) is 0 Å². The van der Waals surface area contributed by atoms with Gasteiger partial charge in [0.15, 0.2) is 0 Å². The van der Waals surface area contributed by atoms with Crippen molar-refractivity contribution in [1.82, 2.24) is 0 Å². The van der Waals surface area contributed by atoms with Gasteiger partial charge < -0.3 is 5.11 Å². The zero-order chi connectivity index (χ0) is 27.0. The van der Waals surface area contributed by atoms with E-state index in [2.05, 4.69) is 58.0 Å². The second-order valence-corrected chi connectivity index (χ2v) is 8.19. The summed E-state index contributed by atoms with van der Waals surface area (Å²) in [7, 11) is 0. The molecule has 0 aliphatic rings. The van der Waals surface area contributed by atoms with Gasteiger partial charge in [-0.3, -0.25) is 0 Å². The van der Waals surface area contributed by atoms with Crippen LogP contribution in [0.15, 0.2) is 0 Å². The SMILES string of the molecule is OC(F)(F)C(F)(F)C(F)(Cl)C(F)(F)C(F)(Cl)C(F)(F)C(F)(Cl)C(F)(F)C(F)(Cl)C(F)(F)Cl. The minimum Gasteiger partial charge on any atom is -0.331 e. The van der Waals surface area contributed by atoms with Crippen LogP contribution in [0, 0.1) is 0 Å². The lowest BCUT2D eigenvalue weighted by atomic mass is 9.90. The zero-order valence-electron chi connectivity index (χ0n) is 13.4. The molecule has 22 heteroatoms. The lowest BCUT2D eigenvalue weighted by molar-refractivity contribution is -0.388. The van der Waals surface area contributed by atoms with Crippen LogP contribution in [-0.4, -0.2) is 60.8 Å². The highest BCUT2D eigenvalue weighted by Crippen LogP contribution is 2.68. The van der Waals surface area contributed by atoms with Gasteiger partial charge in [-0.2, -0.15) is 52.7 Å². The van der Waals surface area contributed by atoms with Crippen molar-refractivity contribution in [2.45, 2.75) is 55.7 Å². The van der Waals surface area contributed by atoms with E-state index in [9.17, 15) is 70.2 Å². The number of aliphatic hydroxyl groups is 1. The molecule has 0 aromatic carbocycles. The molecule has 32 heavy (non-hydrogen) atoms. The molecule has 0 aromatic heterocycles. The largest absolute Gasteiger partial charge is 0.421 e. The van der Waals surface area contributed by atoms with E-state index in [1.165, 1.54) is 0 Å². The summed E-state index contributed by atoms with van der Waals surface area (Å²) in [5.41, 5.74) is 0. The number of alkyl halides is 21. The maximum atomic E-state index is 14.0. The summed E-state index contributed by atoms with van der Waals surface area (Å²) in [6.07, 6.45) is -7.04. The Morgan fingerprint density at radius 2 is 0.531 bits per heavy atom. The maximum absolute atomic E-state index is 14.0. The minimum absolute atomic E-state index is 3.66. The van der Waals surface area contributed by atoms with Gasteiger partial charge in [-0.25, -0.2) is 17.6 Å². The van der Waals surface area contributed by atoms with Crippen molar-refractivity contribution >= 4 is 58.0 Å². The third-order valence-electron chi connectivity index (χ3n) is 3.49. The van der Waals surface area contributed by atoms with Crippen LogP contribution in [-0.2, 0) is 0 Å². The summed E-state index contributed by atoms with van der Waals surface area (Å²) in [6, 6.07) is 0. The van der Waals surface area contributed by atoms with Crippen molar-refractivity contribution in [3.05, 3.63) is 0 Å². The Morgan fingerprint density at radius 3 is 0.719 bits per heavy atom. The lowest BCUT2D eigenvalue weighted by Crippen LogP contribution is -2.75. The molecule has 0 aromatic rings. The van der Waals surface area contributed by atoms with Crippen LogP contribution in [0.25, 0.3) is 0 Å². The number of hydrogen-bond acceptors (Lipinski definition) is 1. The molecule has 0 bridgehead atoms. The van der Waals surface area contributed by atoms with E-state index in [0.717, 1.165) is 0 Å². The average Bonchev–Trinajstić information content (AvgIpc) is 2.51. The number of halogens is 21. The standard InChI is InChI=1S/C10HCl5F16O/c11-1(16,6(22,23)3(13,18)8(26,27)10(30,31)32)5(20,21)2(12,17)7(24,25)4(14,19)9(15,28)29/h32H. The first kappa shape index (κ1) is 32.3. The molecular weight excluding hydrogens is 617 g/mol. The summed E-state index contributed by atoms with van der Waals surface area (Å²) in [5.74, 6) is -30.8. The Balaban J connectivity index is 7.00. The second-order valence-electron chi connectivity index (χ2n) is 5.63. The van der Waals surface area contributed by atoms with E-state index >= 15 is 0 Å². The molecule has 4 unspecified atom stereocenters. The molecule has 0 heterocycles. The van der Waals surface area contributed by atoms with Crippen molar-refractivity contribution in [3.8, 4) is 0 Å². The molecule has 0 rings (SSSR count). The maximum Gasteiger partial charge on any atom is 0.421 e. The average molecular weight is 618 g/mol. The highest BCUT2D eigenvalue weighted by Gasteiger charge is 2.94. The molecular formula is C10HCl5F16O. The first-order chi connectivity index (χ1) is 13.2. The molecule has 0 spiro atoms. The van der Waals surface area contributed by atoms with Crippen LogP contribution in [0.4, 0.5) is 70.2 Å². The Morgan fingerprint density at radius 1 is 0.344 bits per heavy atom. The molecule has 0 aliphatic heterocycles. The summed E-state index contributed by atoms with van der Waals surface area (Å²) < 4.78 is 214. The van der Waals surface area contributed by atoms with E-state index in [1.807, 2.05) is 0 Å². The normalized spacial score (nSPS) is 23.1. The van der Waals surface area contributed by atoms with Gasteiger partial charge in [0, 0.05) is 0 Å². The van der Waals surface area contributed by atoms with Crippen LogP contribution < -0.4 is 0 Å². The van der Waals surface area contributed by atoms with Crippen LogP contribution in [0.2, 0.25) is 0 Å². The monoisotopic (exact) mass is 616 g/mol. The van der Waals surface area contributed by atoms with E-state index in [-0.39, 0.29) is 0 Å². The van der Waals surface area contributed by atoms with Gasteiger partial charge in [0.1, 0.15) is 0 Å². The van der Waals surface area contributed by atoms with E-state index in [0.29, 0.717) is 0 Å². The summed E-state index contributed by atoms with van der Waals surface area (Å²) in [5, 5.41) is -27.5. The first-order valence-corrected chi connectivity index (χ1v) is 8.33. The van der Waals surface area contributed by atoms with Crippen molar-refractivity contribution < 1.29 is 75.4 Å². The minimum atomic E-state index is -7.92. The molecule has 194 valence electrons.